The van der Waals surface area contributed by atoms with Crippen LogP contribution in [0.2, 0.25) is 0 Å². The zero-order valence-electron chi connectivity index (χ0n) is 10.0. The van der Waals surface area contributed by atoms with E-state index in [1.165, 1.54) is 13.3 Å². The van der Waals surface area contributed by atoms with Crippen LogP contribution in [0.1, 0.15) is 5.69 Å². The minimum absolute atomic E-state index is 0.130. The van der Waals surface area contributed by atoms with Gasteiger partial charge in [0, 0.05) is 19.2 Å². The predicted octanol–water partition coefficient (Wildman–Crippen LogP) is 1.02. The van der Waals surface area contributed by atoms with Crippen LogP contribution in [-0.2, 0) is 11.3 Å². The lowest BCUT2D eigenvalue weighted by Crippen LogP contribution is -2.04. The summed E-state index contributed by atoms with van der Waals surface area (Å²) in [5.41, 5.74) is 0.119. The summed E-state index contributed by atoms with van der Waals surface area (Å²) in [6.45, 7) is -0.521. The number of aromatic nitrogens is 3. The fourth-order valence-corrected chi connectivity index (χ4v) is 1.42. The van der Waals surface area contributed by atoms with Crippen molar-refractivity contribution in [2.45, 2.75) is 6.61 Å². The van der Waals surface area contributed by atoms with Gasteiger partial charge in [-0.3, -0.25) is 0 Å². The maximum atomic E-state index is 13.8. The van der Waals surface area contributed by atoms with Crippen molar-refractivity contribution < 1.29 is 23.4 Å². The highest BCUT2D eigenvalue weighted by atomic mass is 19.1. The number of aliphatic hydroxyl groups is 1. The lowest BCUT2D eigenvalue weighted by molar-refractivity contribution is 0.0480. The minimum atomic E-state index is -0.755. The highest BCUT2D eigenvalue weighted by molar-refractivity contribution is 5.39. The molecule has 0 saturated carbocycles. The molecule has 1 aromatic heterocycles. The Bertz CT molecular complexity index is 574. The van der Waals surface area contributed by atoms with Crippen molar-refractivity contribution in [2.24, 2.45) is 0 Å². The number of ether oxygens (including phenoxy) is 2. The number of nitrogens with zero attached hydrogens (tertiary/aromatic N) is 3. The van der Waals surface area contributed by atoms with E-state index in [1.54, 1.807) is 0 Å². The van der Waals surface area contributed by atoms with E-state index in [9.17, 15) is 8.78 Å². The molecule has 0 aliphatic rings. The van der Waals surface area contributed by atoms with E-state index in [0.29, 0.717) is 0 Å². The van der Waals surface area contributed by atoms with Gasteiger partial charge in [0.2, 0.25) is 0 Å². The molecular formula is C11H11F2N3O3. The van der Waals surface area contributed by atoms with Crippen LogP contribution in [0.3, 0.4) is 0 Å². The third-order valence-corrected chi connectivity index (χ3v) is 2.28. The Balaban J connectivity index is 2.34. The second-order valence-electron chi connectivity index (χ2n) is 3.60. The molecule has 0 atom stereocenters. The van der Waals surface area contributed by atoms with Gasteiger partial charge >= 0.3 is 0 Å². The Morgan fingerprint density at radius 3 is 2.74 bits per heavy atom. The summed E-state index contributed by atoms with van der Waals surface area (Å²) in [6.07, 6.45) is 1.30. The number of hydrogen-bond donors (Lipinski definition) is 1. The fraction of sp³-hybridized carbons (Fsp3) is 0.273. The first kappa shape index (κ1) is 13.4. The molecule has 0 bridgehead atoms. The summed E-state index contributed by atoms with van der Waals surface area (Å²) in [5, 5.41) is 16.0. The zero-order valence-corrected chi connectivity index (χ0v) is 10.0. The lowest BCUT2D eigenvalue weighted by atomic mass is 10.2. The summed E-state index contributed by atoms with van der Waals surface area (Å²) in [4.78, 5) is 0. The van der Waals surface area contributed by atoms with E-state index in [0.717, 1.165) is 16.8 Å². The van der Waals surface area contributed by atoms with Gasteiger partial charge in [-0.15, -0.1) is 5.10 Å². The molecule has 0 fully saturated rings. The second-order valence-corrected chi connectivity index (χ2v) is 3.60. The molecule has 2 rings (SSSR count). The van der Waals surface area contributed by atoms with Crippen molar-refractivity contribution in [3.05, 3.63) is 35.7 Å². The van der Waals surface area contributed by atoms with E-state index >= 15 is 0 Å². The summed E-state index contributed by atoms with van der Waals surface area (Å²) < 4.78 is 38.0. The van der Waals surface area contributed by atoms with E-state index in [-0.39, 0.29) is 30.5 Å². The molecule has 6 nitrogen and oxygen atoms in total. The van der Waals surface area contributed by atoms with Crippen molar-refractivity contribution in [2.75, 3.05) is 13.9 Å². The third-order valence-electron chi connectivity index (χ3n) is 2.28. The molecule has 0 unspecified atom stereocenters. The van der Waals surface area contributed by atoms with E-state index in [1.807, 2.05) is 0 Å². The molecule has 2 aromatic rings. The van der Waals surface area contributed by atoms with Crippen molar-refractivity contribution in [3.8, 4) is 11.4 Å². The van der Waals surface area contributed by atoms with Gasteiger partial charge in [0.15, 0.2) is 24.2 Å². The van der Waals surface area contributed by atoms with Crippen LogP contribution in [-0.4, -0.2) is 34.0 Å². The molecule has 1 aromatic carbocycles. The maximum absolute atomic E-state index is 13.8. The number of halogens is 2. The zero-order chi connectivity index (χ0) is 13.8. The summed E-state index contributed by atoms with van der Waals surface area (Å²) >= 11 is 0. The van der Waals surface area contributed by atoms with Gasteiger partial charge in [0.25, 0.3) is 0 Å². The standard InChI is InChI=1S/C11H11F2N3O3/c1-18-6-19-11-3-8(12)10(2-9(11)13)16-4-7(5-17)14-15-16/h2-4,17H,5-6H2,1H3. The number of rotatable bonds is 5. The average Bonchev–Trinajstić information content (AvgIpc) is 2.88. The molecule has 1 N–H and O–H groups in total. The Morgan fingerprint density at radius 1 is 1.32 bits per heavy atom. The van der Waals surface area contributed by atoms with Crippen molar-refractivity contribution in [3.63, 3.8) is 0 Å². The average molecular weight is 271 g/mol. The Hall–Kier alpha value is -2.06. The quantitative estimate of drug-likeness (QED) is 0.822. The van der Waals surface area contributed by atoms with Crippen LogP contribution >= 0.6 is 0 Å². The molecule has 0 saturated heterocycles. The normalized spacial score (nSPS) is 10.7. The van der Waals surface area contributed by atoms with Gasteiger partial charge in [-0.25, -0.2) is 13.5 Å². The monoisotopic (exact) mass is 271 g/mol. The minimum Gasteiger partial charge on any atom is -0.464 e. The molecule has 0 aliphatic heterocycles. The first-order chi connectivity index (χ1) is 9.15. The third kappa shape index (κ3) is 2.85. The molecule has 0 amide bonds. The van der Waals surface area contributed by atoms with Gasteiger partial charge in [-0.05, 0) is 0 Å². The SMILES string of the molecule is COCOc1cc(F)c(-n2cc(CO)nn2)cc1F. The number of hydrogen-bond acceptors (Lipinski definition) is 5. The lowest BCUT2D eigenvalue weighted by Gasteiger charge is -2.08. The van der Waals surface area contributed by atoms with Crippen LogP contribution in [0.4, 0.5) is 8.78 Å². The van der Waals surface area contributed by atoms with Crippen LogP contribution in [0.5, 0.6) is 5.75 Å². The molecule has 8 heteroatoms. The summed E-state index contributed by atoms with van der Waals surface area (Å²) in [7, 11) is 1.37. The van der Waals surface area contributed by atoms with Crippen molar-refractivity contribution in [1.82, 2.24) is 15.0 Å². The smallest absolute Gasteiger partial charge is 0.188 e. The molecule has 1 heterocycles. The van der Waals surface area contributed by atoms with Gasteiger partial charge < -0.3 is 14.6 Å². The van der Waals surface area contributed by atoms with Crippen LogP contribution in [0.15, 0.2) is 18.3 Å². The van der Waals surface area contributed by atoms with E-state index in [4.69, 9.17) is 9.84 Å². The van der Waals surface area contributed by atoms with Crippen molar-refractivity contribution >= 4 is 0 Å². The van der Waals surface area contributed by atoms with Crippen LogP contribution in [0, 0.1) is 11.6 Å². The summed E-state index contributed by atoms with van der Waals surface area (Å²) in [5.74, 6) is -1.75. The Morgan fingerprint density at radius 2 is 2.11 bits per heavy atom. The molecule has 0 aliphatic carbocycles. The van der Waals surface area contributed by atoms with E-state index < -0.39 is 11.6 Å². The number of aliphatic hydroxyl groups excluding tert-OH is 1. The Labute approximate surface area is 107 Å². The molecular weight excluding hydrogens is 260 g/mol. The number of benzene rings is 1. The molecule has 19 heavy (non-hydrogen) atoms. The Kier molecular flexibility index (Phi) is 4.03. The fourth-order valence-electron chi connectivity index (χ4n) is 1.42. The second kappa shape index (κ2) is 5.72. The summed E-state index contributed by atoms with van der Waals surface area (Å²) in [6, 6.07) is 1.82. The molecule has 102 valence electrons. The van der Waals surface area contributed by atoms with Gasteiger partial charge in [-0.2, -0.15) is 0 Å². The van der Waals surface area contributed by atoms with Crippen LogP contribution in [0.25, 0.3) is 5.69 Å². The van der Waals surface area contributed by atoms with E-state index in [2.05, 4.69) is 15.0 Å². The predicted molar refractivity (Wildman–Crippen MR) is 59.7 cm³/mol. The largest absolute Gasteiger partial charge is 0.464 e. The molecule has 0 spiro atoms. The van der Waals surface area contributed by atoms with Gasteiger partial charge in [-0.1, -0.05) is 5.21 Å². The van der Waals surface area contributed by atoms with Gasteiger partial charge in [0.1, 0.15) is 11.4 Å². The maximum Gasteiger partial charge on any atom is 0.188 e. The molecule has 0 radical (unpaired) electrons. The first-order valence-electron chi connectivity index (χ1n) is 5.29. The van der Waals surface area contributed by atoms with Crippen molar-refractivity contribution in [1.29, 1.82) is 0 Å². The first-order valence-corrected chi connectivity index (χ1v) is 5.29. The topological polar surface area (TPSA) is 69.4 Å². The highest BCUT2D eigenvalue weighted by Gasteiger charge is 2.14. The van der Waals surface area contributed by atoms with Crippen LogP contribution < -0.4 is 4.74 Å². The van der Waals surface area contributed by atoms with Gasteiger partial charge in [0.05, 0.1) is 12.8 Å². The highest BCUT2D eigenvalue weighted by Crippen LogP contribution is 2.23. The number of methoxy groups -OCH3 is 1.